The zero-order valence-corrected chi connectivity index (χ0v) is 10.5. The van der Waals surface area contributed by atoms with Gasteiger partial charge in [0.2, 0.25) is 0 Å². The molecule has 0 radical (unpaired) electrons. The van der Waals surface area contributed by atoms with Crippen molar-refractivity contribution in [3.05, 3.63) is 48.2 Å². The van der Waals surface area contributed by atoms with Crippen LogP contribution in [0.5, 0.6) is 5.75 Å². The van der Waals surface area contributed by atoms with Crippen LogP contribution in [0.15, 0.2) is 42.6 Å². The second kappa shape index (κ2) is 5.80. The van der Waals surface area contributed by atoms with Gasteiger partial charge in [0.25, 0.3) is 0 Å². The van der Waals surface area contributed by atoms with Crippen molar-refractivity contribution in [2.75, 3.05) is 6.61 Å². The Bertz CT molecular complexity index is 585. The highest BCUT2D eigenvalue weighted by molar-refractivity contribution is 5.67. The summed E-state index contributed by atoms with van der Waals surface area (Å²) in [7, 11) is 0. The first-order valence-electron chi connectivity index (χ1n) is 5.97. The van der Waals surface area contributed by atoms with Crippen LogP contribution in [0.1, 0.15) is 12.0 Å². The molecule has 1 aromatic rings. The first kappa shape index (κ1) is 12.8. The number of nitriles is 1. The van der Waals surface area contributed by atoms with E-state index in [9.17, 15) is 0 Å². The number of nitrogens with zero attached hydrogens (tertiary/aromatic N) is 1. The molecule has 94 valence electrons. The monoisotopic (exact) mass is 250 g/mol. The van der Waals surface area contributed by atoms with Crippen molar-refractivity contribution < 1.29 is 4.74 Å². The molecule has 0 aliphatic carbocycles. The van der Waals surface area contributed by atoms with E-state index in [1.807, 2.05) is 30.3 Å². The van der Waals surface area contributed by atoms with Crippen LogP contribution in [0.25, 0.3) is 5.70 Å². The van der Waals surface area contributed by atoms with Crippen LogP contribution < -0.4 is 10.1 Å². The molecular formula is C16H14N2O. The summed E-state index contributed by atoms with van der Waals surface area (Å²) in [5.41, 5.74) is 2.90. The summed E-state index contributed by atoms with van der Waals surface area (Å²) < 4.78 is 5.21. The van der Waals surface area contributed by atoms with Gasteiger partial charge in [0, 0.05) is 11.4 Å². The quantitative estimate of drug-likeness (QED) is 0.839. The highest BCUT2D eigenvalue weighted by Gasteiger charge is 2.16. The maximum Gasteiger partial charge on any atom is 0.174 e. The Labute approximate surface area is 113 Å². The van der Waals surface area contributed by atoms with Crippen molar-refractivity contribution in [3.8, 4) is 24.2 Å². The molecular weight excluding hydrogens is 236 g/mol. The Morgan fingerprint density at radius 1 is 1.42 bits per heavy atom. The van der Waals surface area contributed by atoms with E-state index in [-0.39, 0.29) is 12.5 Å². The average molecular weight is 250 g/mol. The topological polar surface area (TPSA) is 45.0 Å². The van der Waals surface area contributed by atoms with Gasteiger partial charge in [0.15, 0.2) is 6.61 Å². The third kappa shape index (κ3) is 2.97. The molecule has 1 N–H and O–H groups in total. The average Bonchev–Trinajstić information content (AvgIpc) is 2.45. The van der Waals surface area contributed by atoms with Crippen molar-refractivity contribution in [1.29, 1.82) is 5.26 Å². The molecule has 0 saturated carbocycles. The van der Waals surface area contributed by atoms with Gasteiger partial charge in [-0.3, -0.25) is 0 Å². The van der Waals surface area contributed by atoms with Crippen LogP contribution in [0, 0.1) is 29.6 Å². The molecule has 19 heavy (non-hydrogen) atoms. The van der Waals surface area contributed by atoms with E-state index >= 15 is 0 Å². The maximum atomic E-state index is 8.44. The molecule has 1 aliphatic heterocycles. The van der Waals surface area contributed by atoms with E-state index < -0.39 is 0 Å². The SMILES string of the molecule is C#CC1CC=C(c2ccc(OCC#N)cc2)NC1=C. The van der Waals surface area contributed by atoms with Crippen LogP contribution in [0.4, 0.5) is 0 Å². The van der Waals surface area contributed by atoms with Crippen LogP contribution in [0.2, 0.25) is 0 Å². The lowest BCUT2D eigenvalue weighted by atomic mass is 9.96. The first-order valence-corrected chi connectivity index (χ1v) is 5.97. The number of hydrogen-bond acceptors (Lipinski definition) is 3. The van der Waals surface area contributed by atoms with E-state index in [1.165, 1.54) is 0 Å². The van der Waals surface area contributed by atoms with Crippen molar-refractivity contribution in [2.24, 2.45) is 5.92 Å². The fraction of sp³-hybridized carbons (Fsp3) is 0.188. The smallest absolute Gasteiger partial charge is 0.174 e. The molecule has 1 atom stereocenters. The lowest BCUT2D eigenvalue weighted by Crippen LogP contribution is -2.21. The summed E-state index contributed by atoms with van der Waals surface area (Å²) in [5.74, 6) is 3.44. The summed E-state index contributed by atoms with van der Waals surface area (Å²) in [4.78, 5) is 0. The van der Waals surface area contributed by atoms with E-state index in [0.29, 0.717) is 5.75 Å². The number of ether oxygens (including phenoxy) is 1. The Hall–Kier alpha value is -2.65. The second-order valence-corrected chi connectivity index (χ2v) is 4.19. The minimum absolute atomic E-state index is 0.0565. The highest BCUT2D eigenvalue weighted by atomic mass is 16.5. The predicted octanol–water partition coefficient (Wildman–Crippen LogP) is 2.69. The summed E-state index contributed by atoms with van der Waals surface area (Å²) in [6, 6.07) is 9.49. The molecule has 0 spiro atoms. The van der Waals surface area contributed by atoms with Gasteiger partial charge < -0.3 is 10.1 Å². The molecule has 1 unspecified atom stereocenters. The molecule has 0 aromatic heterocycles. The van der Waals surface area contributed by atoms with E-state index in [1.54, 1.807) is 0 Å². The van der Waals surface area contributed by atoms with Crippen molar-refractivity contribution in [3.63, 3.8) is 0 Å². The zero-order valence-electron chi connectivity index (χ0n) is 10.5. The lowest BCUT2D eigenvalue weighted by molar-refractivity contribution is 0.368. The molecule has 0 saturated heterocycles. The maximum absolute atomic E-state index is 8.44. The van der Waals surface area contributed by atoms with Gasteiger partial charge >= 0.3 is 0 Å². The normalized spacial score (nSPS) is 17.7. The molecule has 0 fully saturated rings. The summed E-state index contributed by atoms with van der Waals surface area (Å²) in [6.45, 7) is 4.00. The van der Waals surface area contributed by atoms with E-state index in [2.05, 4.69) is 23.9 Å². The van der Waals surface area contributed by atoms with E-state index in [4.69, 9.17) is 16.4 Å². The number of benzene rings is 1. The number of allylic oxidation sites excluding steroid dienone is 2. The van der Waals surface area contributed by atoms with Gasteiger partial charge in [0.1, 0.15) is 11.8 Å². The van der Waals surface area contributed by atoms with Gasteiger partial charge in [-0.15, -0.1) is 6.42 Å². The fourth-order valence-corrected chi connectivity index (χ4v) is 1.89. The van der Waals surface area contributed by atoms with Crippen molar-refractivity contribution in [1.82, 2.24) is 5.32 Å². The molecule has 0 amide bonds. The van der Waals surface area contributed by atoms with Crippen LogP contribution >= 0.6 is 0 Å². The van der Waals surface area contributed by atoms with Crippen LogP contribution in [-0.2, 0) is 0 Å². The number of rotatable bonds is 3. The molecule has 2 rings (SSSR count). The third-order valence-electron chi connectivity index (χ3n) is 2.94. The Balaban J connectivity index is 2.11. The van der Waals surface area contributed by atoms with Crippen LogP contribution in [0.3, 0.4) is 0 Å². The minimum atomic E-state index is 0.0565. The Morgan fingerprint density at radius 3 is 2.74 bits per heavy atom. The standard InChI is InChI=1S/C16H14N2O/c1-3-13-6-9-16(18-12(13)2)14-4-7-15(8-5-14)19-11-10-17/h1,4-5,7-9,13,18H,2,6,11H2. The van der Waals surface area contributed by atoms with Crippen molar-refractivity contribution in [2.45, 2.75) is 6.42 Å². The summed E-state index contributed by atoms with van der Waals surface area (Å²) in [6.07, 6.45) is 8.29. The van der Waals surface area contributed by atoms with Gasteiger partial charge in [-0.05, 0) is 36.2 Å². The summed E-state index contributed by atoms with van der Waals surface area (Å²) in [5, 5.41) is 11.7. The Kier molecular flexibility index (Phi) is 3.90. The molecule has 3 nitrogen and oxygen atoms in total. The number of nitrogens with one attached hydrogen (secondary N) is 1. The molecule has 1 aromatic carbocycles. The van der Waals surface area contributed by atoms with Gasteiger partial charge in [-0.1, -0.05) is 18.6 Å². The predicted molar refractivity (Wildman–Crippen MR) is 74.7 cm³/mol. The first-order chi connectivity index (χ1) is 9.24. The second-order valence-electron chi connectivity index (χ2n) is 4.19. The zero-order chi connectivity index (χ0) is 13.7. The molecule has 0 bridgehead atoms. The largest absolute Gasteiger partial charge is 0.479 e. The van der Waals surface area contributed by atoms with E-state index in [0.717, 1.165) is 23.4 Å². The van der Waals surface area contributed by atoms with Gasteiger partial charge in [0.05, 0.1) is 5.92 Å². The van der Waals surface area contributed by atoms with Crippen molar-refractivity contribution >= 4 is 5.70 Å². The highest BCUT2D eigenvalue weighted by Crippen LogP contribution is 2.25. The summed E-state index contributed by atoms with van der Waals surface area (Å²) >= 11 is 0. The minimum Gasteiger partial charge on any atom is -0.479 e. The molecule has 1 aliphatic rings. The molecule has 1 heterocycles. The number of hydrogen-bond donors (Lipinski definition) is 1. The van der Waals surface area contributed by atoms with Gasteiger partial charge in [-0.2, -0.15) is 5.26 Å². The fourth-order valence-electron chi connectivity index (χ4n) is 1.89. The third-order valence-corrected chi connectivity index (χ3v) is 2.94. The lowest BCUT2D eigenvalue weighted by Gasteiger charge is -2.23. The van der Waals surface area contributed by atoms with Gasteiger partial charge in [-0.25, -0.2) is 0 Å². The number of terminal acetylenes is 1. The Morgan fingerprint density at radius 2 is 2.16 bits per heavy atom. The van der Waals surface area contributed by atoms with Crippen LogP contribution in [-0.4, -0.2) is 6.61 Å². The molecule has 3 heteroatoms.